The molecule has 3 nitrogen and oxygen atoms in total. The summed E-state index contributed by atoms with van der Waals surface area (Å²) < 4.78 is 0. The Hall–Kier alpha value is -1.35. The van der Waals surface area contributed by atoms with E-state index >= 15 is 0 Å². The molecule has 2 aliphatic rings. The first-order valence-corrected chi connectivity index (χ1v) is 7.65. The zero-order valence-electron chi connectivity index (χ0n) is 12.7. The lowest BCUT2D eigenvalue weighted by Gasteiger charge is -2.21. The number of hydrogen-bond donors (Lipinski definition) is 0. The number of nitrogens with zero attached hydrogens (tertiary/aromatic N) is 2. The minimum atomic E-state index is 0.197. The highest BCUT2D eigenvalue weighted by molar-refractivity contribution is 5.94. The summed E-state index contributed by atoms with van der Waals surface area (Å²) in [5.74, 6) is 1.39. The van der Waals surface area contributed by atoms with Gasteiger partial charge in [-0.2, -0.15) is 0 Å². The van der Waals surface area contributed by atoms with Crippen LogP contribution in [0.3, 0.4) is 0 Å². The van der Waals surface area contributed by atoms with E-state index in [9.17, 15) is 4.79 Å². The van der Waals surface area contributed by atoms with Crippen molar-refractivity contribution in [2.75, 3.05) is 26.7 Å². The number of benzene rings is 1. The maximum atomic E-state index is 12.6. The van der Waals surface area contributed by atoms with Gasteiger partial charge in [-0.1, -0.05) is 26.0 Å². The summed E-state index contributed by atoms with van der Waals surface area (Å²) in [4.78, 5) is 17.0. The number of carbonyl (C=O) groups is 1. The van der Waals surface area contributed by atoms with Crippen molar-refractivity contribution < 1.29 is 4.79 Å². The zero-order chi connectivity index (χ0) is 14.3. The van der Waals surface area contributed by atoms with Crippen molar-refractivity contribution in [1.29, 1.82) is 0 Å². The molecule has 2 aliphatic heterocycles. The van der Waals surface area contributed by atoms with Crippen LogP contribution in [0.2, 0.25) is 0 Å². The van der Waals surface area contributed by atoms with Crippen LogP contribution in [-0.4, -0.2) is 48.4 Å². The Morgan fingerprint density at radius 1 is 1.20 bits per heavy atom. The quantitative estimate of drug-likeness (QED) is 0.826. The number of likely N-dealkylation sites (tertiary alicyclic amines) is 2. The topological polar surface area (TPSA) is 23.6 Å². The maximum Gasteiger partial charge on any atom is 0.253 e. The largest absolute Gasteiger partial charge is 0.337 e. The molecule has 0 N–H and O–H groups in total. The van der Waals surface area contributed by atoms with Crippen molar-refractivity contribution in [2.24, 2.45) is 5.92 Å². The summed E-state index contributed by atoms with van der Waals surface area (Å²) in [6.45, 7) is 7.36. The van der Waals surface area contributed by atoms with Gasteiger partial charge in [-0.25, -0.2) is 0 Å². The van der Waals surface area contributed by atoms with Crippen LogP contribution in [0.4, 0.5) is 0 Å². The number of fused-ring (bicyclic) bond motifs is 1. The molecule has 3 heteroatoms. The molecular weight excluding hydrogens is 248 g/mol. The van der Waals surface area contributed by atoms with Gasteiger partial charge in [0.05, 0.1) is 0 Å². The minimum absolute atomic E-state index is 0.197. The average molecular weight is 272 g/mol. The summed E-state index contributed by atoms with van der Waals surface area (Å²) in [5.41, 5.74) is 2.12. The normalized spacial score (nSPS) is 26.3. The molecular formula is C17H24N2O. The number of amides is 1. The fraction of sp³-hybridized carbons (Fsp3) is 0.588. The van der Waals surface area contributed by atoms with Gasteiger partial charge in [-0.15, -0.1) is 0 Å². The van der Waals surface area contributed by atoms with Crippen LogP contribution in [0, 0.1) is 5.92 Å². The molecule has 0 unspecified atom stereocenters. The molecule has 2 fully saturated rings. The van der Waals surface area contributed by atoms with Crippen molar-refractivity contribution in [3.05, 3.63) is 35.4 Å². The standard InChI is InChI=1S/C17H24N2O/c1-12(2)13-4-6-14(7-5-13)17(20)19-10-15-8-9-18(3)16(15)11-19/h4-7,12,15-16H,8-11H2,1-3H3/t15-,16+/m0/s1. The number of carbonyl (C=O) groups excluding carboxylic acids is 1. The Morgan fingerprint density at radius 2 is 1.90 bits per heavy atom. The molecule has 2 heterocycles. The molecule has 1 aromatic rings. The van der Waals surface area contributed by atoms with Crippen LogP contribution in [0.1, 0.15) is 42.1 Å². The molecule has 108 valence electrons. The smallest absolute Gasteiger partial charge is 0.253 e. The van der Waals surface area contributed by atoms with Crippen LogP contribution in [-0.2, 0) is 0 Å². The Bertz CT molecular complexity index is 494. The predicted molar refractivity (Wildman–Crippen MR) is 81.0 cm³/mol. The predicted octanol–water partition coefficient (Wildman–Crippen LogP) is 2.59. The van der Waals surface area contributed by atoms with Crippen molar-refractivity contribution >= 4 is 5.91 Å². The molecule has 0 aliphatic carbocycles. The number of hydrogen-bond acceptors (Lipinski definition) is 2. The molecule has 0 radical (unpaired) electrons. The van der Waals surface area contributed by atoms with E-state index in [2.05, 4.69) is 37.9 Å². The maximum absolute atomic E-state index is 12.6. The van der Waals surface area contributed by atoms with Gasteiger partial charge in [-0.3, -0.25) is 4.79 Å². The Labute approximate surface area is 121 Å². The van der Waals surface area contributed by atoms with Gasteiger partial charge in [0.2, 0.25) is 0 Å². The fourth-order valence-electron chi connectivity index (χ4n) is 3.53. The Morgan fingerprint density at radius 3 is 2.50 bits per heavy atom. The molecule has 0 aromatic heterocycles. The summed E-state index contributed by atoms with van der Waals surface area (Å²) >= 11 is 0. The fourth-order valence-corrected chi connectivity index (χ4v) is 3.53. The van der Waals surface area contributed by atoms with E-state index in [0.717, 1.165) is 18.7 Å². The first kappa shape index (κ1) is 13.6. The van der Waals surface area contributed by atoms with Gasteiger partial charge in [0.1, 0.15) is 0 Å². The molecule has 1 amide bonds. The molecule has 2 saturated heterocycles. The van der Waals surface area contributed by atoms with E-state index in [0.29, 0.717) is 17.9 Å². The minimum Gasteiger partial charge on any atom is -0.337 e. The Kier molecular flexibility index (Phi) is 3.55. The van der Waals surface area contributed by atoms with Gasteiger partial charge < -0.3 is 9.80 Å². The lowest BCUT2D eigenvalue weighted by Crippen LogP contribution is -2.35. The third kappa shape index (κ3) is 2.35. The second-order valence-electron chi connectivity index (χ2n) is 6.58. The average Bonchev–Trinajstić information content (AvgIpc) is 3.01. The second kappa shape index (κ2) is 5.21. The third-order valence-corrected chi connectivity index (χ3v) is 4.94. The zero-order valence-corrected chi connectivity index (χ0v) is 12.7. The van der Waals surface area contributed by atoms with Gasteiger partial charge >= 0.3 is 0 Å². The van der Waals surface area contributed by atoms with E-state index in [4.69, 9.17) is 0 Å². The first-order chi connectivity index (χ1) is 9.56. The highest BCUT2D eigenvalue weighted by Crippen LogP contribution is 2.31. The Balaban J connectivity index is 1.70. The van der Waals surface area contributed by atoms with Crippen LogP contribution in [0.25, 0.3) is 0 Å². The highest BCUT2D eigenvalue weighted by Gasteiger charge is 2.41. The van der Waals surface area contributed by atoms with Crippen molar-refractivity contribution in [2.45, 2.75) is 32.2 Å². The van der Waals surface area contributed by atoms with Crippen LogP contribution >= 0.6 is 0 Å². The summed E-state index contributed by atoms with van der Waals surface area (Å²) in [5, 5.41) is 0. The van der Waals surface area contributed by atoms with Gasteiger partial charge in [-0.05, 0) is 49.5 Å². The lowest BCUT2D eigenvalue weighted by molar-refractivity contribution is 0.0774. The van der Waals surface area contributed by atoms with E-state index in [-0.39, 0.29) is 5.91 Å². The molecule has 2 atom stereocenters. The molecule has 1 aromatic carbocycles. The van der Waals surface area contributed by atoms with Crippen molar-refractivity contribution in [3.8, 4) is 0 Å². The lowest BCUT2D eigenvalue weighted by atomic mass is 10.0. The molecule has 0 spiro atoms. The molecule has 0 bridgehead atoms. The van der Waals surface area contributed by atoms with E-state index in [1.54, 1.807) is 0 Å². The summed E-state index contributed by atoms with van der Waals surface area (Å²) in [7, 11) is 2.18. The summed E-state index contributed by atoms with van der Waals surface area (Å²) in [6, 6.07) is 8.71. The number of likely N-dealkylation sites (N-methyl/N-ethyl adjacent to an activating group) is 1. The highest BCUT2D eigenvalue weighted by atomic mass is 16.2. The van der Waals surface area contributed by atoms with Crippen LogP contribution < -0.4 is 0 Å². The monoisotopic (exact) mass is 272 g/mol. The van der Waals surface area contributed by atoms with E-state index < -0.39 is 0 Å². The first-order valence-electron chi connectivity index (χ1n) is 7.65. The second-order valence-corrected chi connectivity index (χ2v) is 6.58. The third-order valence-electron chi connectivity index (χ3n) is 4.94. The van der Waals surface area contributed by atoms with E-state index in [1.165, 1.54) is 18.5 Å². The van der Waals surface area contributed by atoms with E-state index in [1.807, 2.05) is 17.0 Å². The molecule has 20 heavy (non-hydrogen) atoms. The SMILES string of the molecule is CC(C)c1ccc(C(=O)N2C[C@@H]3CCN(C)[C@@H]3C2)cc1. The van der Waals surface area contributed by atoms with Crippen molar-refractivity contribution in [3.63, 3.8) is 0 Å². The summed E-state index contributed by atoms with van der Waals surface area (Å²) in [6.07, 6.45) is 1.23. The van der Waals surface area contributed by atoms with Crippen LogP contribution in [0.5, 0.6) is 0 Å². The van der Waals surface area contributed by atoms with Crippen LogP contribution in [0.15, 0.2) is 24.3 Å². The molecule has 0 saturated carbocycles. The van der Waals surface area contributed by atoms with Gasteiger partial charge in [0, 0.05) is 24.7 Å². The van der Waals surface area contributed by atoms with Gasteiger partial charge in [0.25, 0.3) is 5.91 Å². The van der Waals surface area contributed by atoms with Gasteiger partial charge in [0.15, 0.2) is 0 Å². The van der Waals surface area contributed by atoms with Crippen molar-refractivity contribution in [1.82, 2.24) is 9.80 Å². The molecule has 3 rings (SSSR count). The number of rotatable bonds is 2.